The predicted octanol–water partition coefficient (Wildman–Crippen LogP) is 4.38. The Morgan fingerprint density at radius 3 is 2.43 bits per heavy atom. The monoisotopic (exact) mass is 405 g/mol. The molecule has 1 amide bonds. The molecule has 0 atom stereocenters. The predicted molar refractivity (Wildman–Crippen MR) is 114 cm³/mol. The van der Waals surface area contributed by atoms with Gasteiger partial charge in [-0.2, -0.15) is 0 Å². The molecule has 0 spiro atoms. The van der Waals surface area contributed by atoms with Crippen molar-refractivity contribution in [3.05, 3.63) is 89.5 Å². The summed E-state index contributed by atoms with van der Waals surface area (Å²) in [5.74, 6) is -0.120. The normalized spacial score (nSPS) is 10.2. The highest BCUT2D eigenvalue weighted by atomic mass is 16.5. The Morgan fingerprint density at radius 1 is 0.900 bits per heavy atom. The lowest BCUT2D eigenvalue weighted by atomic mass is 10.2. The smallest absolute Gasteiger partial charge is 0.338 e. The minimum absolute atomic E-state index is 0.266. The van der Waals surface area contributed by atoms with E-state index in [2.05, 4.69) is 5.32 Å². The second-order valence-electron chi connectivity index (χ2n) is 6.63. The minimum atomic E-state index is -0.623. The van der Waals surface area contributed by atoms with E-state index >= 15 is 0 Å². The van der Waals surface area contributed by atoms with Gasteiger partial charge in [0.15, 0.2) is 18.1 Å². The van der Waals surface area contributed by atoms with E-state index in [4.69, 9.17) is 14.2 Å². The topological polar surface area (TPSA) is 73.9 Å². The number of methoxy groups -OCH3 is 1. The Kier molecular flexibility index (Phi) is 7.05. The molecule has 0 radical (unpaired) electrons. The Bertz CT molecular complexity index is 1020. The van der Waals surface area contributed by atoms with Gasteiger partial charge in [-0.05, 0) is 48.4 Å². The number of esters is 1. The molecule has 0 fully saturated rings. The van der Waals surface area contributed by atoms with E-state index < -0.39 is 11.9 Å². The highest BCUT2D eigenvalue weighted by molar-refractivity contribution is 5.95. The lowest BCUT2D eigenvalue weighted by Gasteiger charge is -2.12. The number of benzene rings is 3. The standard InChI is InChI=1S/C24H23NO5/c1-17-7-6-10-20(13-17)25-23(26)16-30-24(27)19-11-12-21(22(14-19)28-2)29-15-18-8-4-3-5-9-18/h3-14H,15-16H2,1-2H3,(H,25,26). The molecule has 0 aliphatic rings. The zero-order chi connectivity index (χ0) is 21.3. The number of carbonyl (C=O) groups excluding carboxylic acids is 2. The van der Waals surface area contributed by atoms with E-state index in [-0.39, 0.29) is 12.2 Å². The van der Waals surface area contributed by atoms with Gasteiger partial charge in [-0.1, -0.05) is 42.5 Å². The summed E-state index contributed by atoms with van der Waals surface area (Å²) >= 11 is 0. The van der Waals surface area contributed by atoms with Gasteiger partial charge >= 0.3 is 5.97 Å². The number of anilines is 1. The third-order valence-electron chi connectivity index (χ3n) is 4.27. The molecule has 3 aromatic carbocycles. The quantitative estimate of drug-likeness (QED) is 0.563. The van der Waals surface area contributed by atoms with Crippen molar-refractivity contribution in [3.8, 4) is 11.5 Å². The molecular formula is C24H23NO5. The van der Waals surface area contributed by atoms with Crippen molar-refractivity contribution in [3.63, 3.8) is 0 Å². The molecule has 6 heteroatoms. The Hall–Kier alpha value is -3.80. The van der Waals surface area contributed by atoms with Crippen LogP contribution < -0.4 is 14.8 Å². The first kappa shape index (κ1) is 20.9. The molecule has 0 aliphatic carbocycles. The van der Waals surface area contributed by atoms with Crippen LogP contribution in [0.3, 0.4) is 0 Å². The number of amides is 1. The zero-order valence-electron chi connectivity index (χ0n) is 16.9. The largest absolute Gasteiger partial charge is 0.493 e. The van der Waals surface area contributed by atoms with Gasteiger partial charge < -0.3 is 19.5 Å². The van der Waals surface area contributed by atoms with Crippen LogP contribution in [0.15, 0.2) is 72.8 Å². The van der Waals surface area contributed by atoms with Crippen molar-refractivity contribution in [1.82, 2.24) is 0 Å². The van der Waals surface area contributed by atoms with E-state index in [0.29, 0.717) is 23.8 Å². The molecule has 154 valence electrons. The van der Waals surface area contributed by atoms with Crippen LogP contribution in [0.1, 0.15) is 21.5 Å². The lowest BCUT2D eigenvalue weighted by molar-refractivity contribution is -0.119. The summed E-state index contributed by atoms with van der Waals surface area (Å²) < 4.78 is 16.2. The molecule has 30 heavy (non-hydrogen) atoms. The van der Waals surface area contributed by atoms with Crippen LogP contribution in [0.25, 0.3) is 0 Å². The van der Waals surface area contributed by atoms with Crippen LogP contribution >= 0.6 is 0 Å². The number of aryl methyl sites for hydroxylation is 1. The van der Waals surface area contributed by atoms with Crippen LogP contribution in [0.4, 0.5) is 5.69 Å². The molecule has 0 heterocycles. The first-order chi connectivity index (χ1) is 14.5. The van der Waals surface area contributed by atoms with Crippen LogP contribution in [-0.2, 0) is 16.1 Å². The van der Waals surface area contributed by atoms with Crippen molar-refractivity contribution < 1.29 is 23.8 Å². The third kappa shape index (κ3) is 5.85. The number of hydrogen-bond donors (Lipinski definition) is 1. The summed E-state index contributed by atoms with van der Waals surface area (Å²) in [7, 11) is 1.50. The maximum atomic E-state index is 12.3. The molecule has 0 saturated carbocycles. The third-order valence-corrected chi connectivity index (χ3v) is 4.27. The van der Waals surface area contributed by atoms with E-state index in [1.165, 1.54) is 13.2 Å². The van der Waals surface area contributed by atoms with Crippen molar-refractivity contribution in [2.45, 2.75) is 13.5 Å². The summed E-state index contributed by atoms with van der Waals surface area (Å²) in [5, 5.41) is 2.69. The van der Waals surface area contributed by atoms with E-state index in [9.17, 15) is 9.59 Å². The van der Waals surface area contributed by atoms with Crippen LogP contribution in [0, 0.1) is 6.92 Å². The number of nitrogens with one attached hydrogen (secondary N) is 1. The van der Waals surface area contributed by atoms with Gasteiger partial charge in [-0.15, -0.1) is 0 Å². The summed E-state index contributed by atoms with van der Waals surface area (Å²) in [5.41, 5.74) is 2.95. The van der Waals surface area contributed by atoms with Crippen LogP contribution in [0.5, 0.6) is 11.5 Å². The number of rotatable bonds is 8. The molecule has 0 aliphatic heterocycles. The Labute approximate surface area is 175 Å². The molecule has 3 aromatic rings. The summed E-state index contributed by atoms with van der Waals surface area (Å²) in [6.45, 7) is 1.91. The number of ether oxygens (including phenoxy) is 3. The van der Waals surface area contributed by atoms with E-state index in [1.54, 1.807) is 18.2 Å². The molecule has 1 N–H and O–H groups in total. The fraction of sp³-hybridized carbons (Fsp3) is 0.167. The van der Waals surface area contributed by atoms with Crippen molar-refractivity contribution >= 4 is 17.6 Å². The van der Waals surface area contributed by atoms with Crippen molar-refractivity contribution in [2.75, 3.05) is 19.0 Å². The van der Waals surface area contributed by atoms with Gasteiger partial charge in [0.25, 0.3) is 5.91 Å². The average Bonchev–Trinajstić information content (AvgIpc) is 2.76. The van der Waals surface area contributed by atoms with Gasteiger partial charge in [0.05, 0.1) is 12.7 Å². The number of carbonyl (C=O) groups is 2. The molecule has 3 rings (SSSR count). The van der Waals surface area contributed by atoms with Crippen LogP contribution in [0.2, 0.25) is 0 Å². The summed E-state index contributed by atoms with van der Waals surface area (Å²) in [6.07, 6.45) is 0. The minimum Gasteiger partial charge on any atom is -0.493 e. The summed E-state index contributed by atoms with van der Waals surface area (Å²) in [4.78, 5) is 24.3. The molecule has 0 bridgehead atoms. The second kappa shape index (κ2) is 10.1. The van der Waals surface area contributed by atoms with Crippen molar-refractivity contribution in [2.24, 2.45) is 0 Å². The van der Waals surface area contributed by atoms with Gasteiger partial charge in [-0.25, -0.2) is 4.79 Å². The molecule has 6 nitrogen and oxygen atoms in total. The maximum Gasteiger partial charge on any atom is 0.338 e. The SMILES string of the molecule is COc1cc(C(=O)OCC(=O)Nc2cccc(C)c2)ccc1OCc1ccccc1. The maximum absolute atomic E-state index is 12.3. The van der Waals surface area contributed by atoms with Gasteiger partial charge in [0.1, 0.15) is 6.61 Å². The highest BCUT2D eigenvalue weighted by Crippen LogP contribution is 2.29. The Balaban J connectivity index is 1.56. The fourth-order valence-electron chi connectivity index (χ4n) is 2.78. The fourth-order valence-corrected chi connectivity index (χ4v) is 2.78. The van der Waals surface area contributed by atoms with E-state index in [1.807, 2.05) is 55.5 Å². The van der Waals surface area contributed by atoms with E-state index in [0.717, 1.165) is 11.1 Å². The molecule has 0 aromatic heterocycles. The van der Waals surface area contributed by atoms with Crippen molar-refractivity contribution in [1.29, 1.82) is 0 Å². The first-order valence-corrected chi connectivity index (χ1v) is 9.43. The molecule has 0 saturated heterocycles. The lowest BCUT2D eigenvalue weighted by Crippen LogP contribution is -2.21. The first-order valence-electron chi connectivity index (χ1n) is 9.43. The van der Waals surface area contributed by atoms with Gasteiger partial charge in [0.2, 0.25) is 0 Å². The molecular weight excluding hydrogens is 382 g/mol. The highest BCUT2D eigenvalue weighted by Gasteiger charge is 2.14. The van der Waals surface area contributed by atoms with Gasteiger partial charge in [0, 0.05) is 5.69 Å². The second-order valence-corrected chi connectivity index (χ2v) is 6.63. The zero-order valence-corrected chi connectivity index (χ0v) is 16.9. The summed E-state index contributed by atoms with van der Waals surface area (Å²) in [6, 6.07) is 21.8. The Morgan fingerprint density at radius 2 is 1.70 bits per heavy atom. The molecule has 0 unspecified atom stereocenters. The average molecular weight is 405 g/mol. The van der Waals surface area contributed by atoms with Crippen LogP contribution in [-0.4, -0.2) is 25.6 Å². The van der Waals surface area contributed by atoms with Gasteiger partial charge in [-0.3, -0.25) is 4.79 Å². The number of hydrogen-bond acceptors (Lipinski definition) is 5.